The van der Waals surface area contributed by atoms with Crippen molar-refractivity contribution >= 4 is 23.3 Å². The van der Waals surface area contributed by atoms with Crippen LogP contribution in [0.2, 0.25) is 5.02 Å². The van der Waals surface area contributed by atoms with Gasteiger partial charge in [0, 0.05) is 6.20 Å². The molecule has 0 aliphatic carbocycles. The second-order valence-electron chi connectivity index (χ2n) is 5.13. The Morgan fingerprint density at radius 1 is 1.24 bits per heavy atom. The van der Waals surface area contributed by atoms with E-state index >= 15 is 0 Å². The van der Waals surface area contributed by atoms with Gasteiger partial charge in [0.1, 0.15) is 19.3 Å². The first-order valence-corrected chi connectivity index (χ1v) is 7.51. The van der Waals surface area contributed by atoms with Gasteiger partial charge in [-0.1, -0.05) is 11.6 Å². The highest BCUT2D eigenvalue weighted by Gasteiger charge is 2.30. The van der Waals surface area contributed by atoms with Crippen molar-refractivity contribution in [1.82, 2.24) is 4.98 Å². The van der Waals surface area contributed by atoms with Crippen LogP contribution in [0.1, 0.15) is 16.8 Å². The van der Waals surface area contributed by atoms with Gasteiger partial charge in [-0.15, -0.1) is 0 Å². The molecule has 0 saturated carbocycles. The first-order chi connectivity index (χ1) is 11.9. The van der Waals surface area contributed by atoms with E-state index in [2.05, 4.69) is 4.98 Å². The van der Waals surface area contributed by atoms with Gasteiger partial charge < -0.3 is 9.47 Å². The lowest BCUT2D eigenvalue weighted by Crippen LogP contribution is -2.15. The van der Waals surface area contributed by atoms with Crippen molar-refractivity contribution in [3.63, 3.8) is 0 Å². The Kier molecular flexibility index (Phi) is 4.55. The SMILES string of the molecule is N#C/C(=C/c1cc(Cl)c2c(c1)OCCO2)c1ccc(C(F)(F)F)cn1. The fraction of sp³-hybridized carbons (Fsp3) is 0.176. The zero-order valence-corrected chi connectivity index (χ0v) is 13.4. The van der Waals surface area contributed by atoms with Crippen molar-refractivity contribution in [3.05, 3.63) is 52.3 Å². The Bertz CT molecular complexity index is 871. The Balaban J connectivity index is 1.96. The molecule has 0 radical (unpaired) electrons. The monoisotopic (exact) mass is 366 g/mol. The molecular weight excluding hydrogens is 357 g/mol. The quantitative estimate of drug-likeness (QED) is 0.729. The fourth-order valence-corrected chi connectivity index (χ4v) is 2.54. The third-order valence-electron chi connectivity index (χ3n) is 3.42. The topological polar surface area (TPSA) is 55.1 Å². The Hall–Kier alpha value is -2.72. The van der Waals surface area contributed by atoms with E-state index in [4.69, 9.17) is 21.1 Å². The van der Waals surface area contributed by atoms with E-state index in [9.17, 15) is 18.4 Å². The molecule has 3 rings (SSSR count). The molecule has 0 N–H and O–H groups in total. The van der Waals surface area contributed by atoms with Gasteiger partial charge in [-0.25, -0.2) is 0 Å². The lowest BCUT2D eigenvalue weighted by molar-refractivity contribution is -0.137. The van der Waals surface area contributed by atoms with Crippen LogP contribution in [0.4, 0.5) is 13.2 Å². The number of rotatable bonds is 2. The molecule has 1 aromatic heterocycles. The van der Waals surface area contributed by atoms with Crippen molar-refractivity contribution in [2.75, 3.05) is 13.2 Å². The second kappa shape index (κ2) is 6.65. The first-order valence-electron chi connectivity index (χ1n) is 7.13. The van der Waals surface area contributed by atoms with E-state index in [-0.39, 0.29) is 11.3 Å². The highest BCUT2D eigenvalue weighted by Crippen LogP contribution is 2.39. The second-order valence-corrected chi connectivity index (χ2v) is 5.53. The first kappa shape index (κ1) is 17.1. The van der Waals surface area contributed by atoms with Gasteiger partial charge in [-0.05, 0) is 35.9 Å². The molecule has 25 heavy (non-hydrogen) atoms. The number of halogens is 4. The summed E-state index contributed by atoms with van der Waals surface area (Å²) in [6, 6.07) is 7.18. The van der Waals surface area contributed by atoms with Gasteiger partial charge in [-0.2, -0.15) is 18.4 Å². The third kappa shape index (κ3) is 3.69. The number of fused-ring (bicyclic) bond motifs is 1. The molecule has 1 aliphatic heterocycles. The number of nitriles is 1. The maximum absolute atomic E-state index is 12.6. The number of aromatic nitrogens is 1. The standard InChI is InChI=1S/C17H10ClF3N2O2/c18-13-6-10(7-15-16(13)25-4-3-24-15)5-11(8-22)14-2-1-12(9-23-14)17(19,20)21/h1-2,5-7,9H,3-4H2/b11-5-. The summed E-state index contributed by atoms with van der Waals surface area (Å²) in [6.45, 7) is 0.767. The van der Waals surface area contributed by atoms with Crippen LogP contribution in [0.25, 0.3) is 11.6 Å². The van der Waals surface area contributed by atoms with Gasteiger partial charge >= 0.3 is 6.18 Å². The number of ether oxygens (including phenoxy) is 2. The molecule has 1 aliphatic rings. The van der Waals surface area contributed by atoms with Crippen LogP contribution in [0, 0.1) is 11.3 Å². The average Bonchev–Trinajstić information content (AvgIpc) is 2.59. The molecule has 8 heteroatoms. The third-order valence-corrected chi connectivity index (χ3v) is 3.70. The molecule has 0 amide bonds. The van der Waals surface area contributed by atoms with E-state index in [1.165, 1.54) is 6.08 Å². The molecule has 0 spiro atoms. The van der Waals surface area contributed by atoms with E-state index in [1.54, 1.807) is 12.1 Å². The van der Waals surface area contributed by atoms with Crippen molar-refractivity contribution in [2.24, 2.45) is 0 Å². The van der Waals surface area contributed by atoms with Crippen molar-refractivity contribution in [2.45, 2.75) is 6.18 Å². The van der Waals surface area contributed by atoms with Crippen molar-refractivity contribution in [1.29, 1.82) is 5.26 Å². The van der Waals surface area contributed by atoms with Crippen molar-refractivity contribution < 1.29 is 22.6 Å². The predicted molar refractivity (Wildman–Crippen MR) is 85.2 cm³/mol. The summed E-state index contributed by atoms with van der Waals surface area (Å²) in [5, 5.41) is 9.63. The average molecular weight is 367 g/mol. The minimum atomic E-state index is -4.48. The number of pyridine rings is 1. The Labute approximate surface area is 146 Å². The number of allylic oxidation sites excluding steroid dienone is 1. The van der Waals surface area contributed by atoms with E-state index in [0.717, 1.165) is 12.1 Å². The Morgan fingerprint density at radius 2 is 2.00 bits per heavy atom. The largest absolute Gasteiger partial charge is 0.486 e. The minimum Gasteiger partial charge on any atom is -0.486 e. The summed E-state index contributed by atoms with van der Waals surface area (Å²) in [5.41, 5.74) is -0.105. The smallest absolute Gasteiger partial charge is 0.417 e. The molecule has 1 aromatic carbocycles. The lowest BCUT2D eigenvalue weighted by atomic mass is 10.1. The molecule has 128 valence electrons. The summed E-state index contributed by atoms with van der Waals surface area (Å²) in [6.07, 6.45) is -2.32. The lowest BCUT2D eigenvalue weighted by Gasteiger charge is -2.19. The number of benzene rings is 1. The fourth-order valence-electron chi connectivity index (χ4n) is 2.27. The van der Waals surface area contributed by atoms with Gasteiger partial charge in [0.2, 0.25) is 0 Å². The van der Waals surface area contributed by atoms with Crippen LogP contribution in [-0.4, -0.2) is 18.2 Å². The van der Waals surface area contributed by atoms with E-state index < -0.39 is 11.7 Å². The summed E-state index contributed by atoms with van der Waals surface area (Å²) in [7, 11) is 0. The van der Waals surface area contributed by atoms with Crippen molar-refractivity contribution in [3.8, 4) is 17.6 Å². The molecule has 2 heterocycles. The zero-order chi connectivity index (χ0) is 18.0. The predicted octanol–water partition coefficient (Wildman–Crippen LogP) is 4.59. The molecule has 0 atom stereocenters. The summed E-state index contributed by atoms with van der Waals surface area (Å²) in [5.74, 6) is 0.874. The van der Waals surface area contributed by atoms with Gasteiger partial charge in [0.25, 0.3) is 0 Å². The molecule has 0 bridgehead atoms. The van der Waals surface area contributed by atoms with Crippen LogP contribution >= 0.6 is 11.6 Å². The maximum Gasteiger partial charge on any atom is 0.417 e. The van der Waals surface area contributed by atoms with Crippen LogP contribution in [-0.2, 0) is 6.18 Å². The number of nitrogens with zero attached hydrogens (tertiary/aromatic N) is 2. The van der Waals surface area contributed by atoms with E-state index in [1.807, 2.05) is 6.07 Å². The Morgan fingerprint density at radius 3 is 2.64 bits per heavy atom. The molecule has 2 aromatic rings. The summed E-state index contributed by atoms with van der Waals surface area (Å²) in [4.78, 5) is 3.72. The number of alkyl halides is 3. The van der Waals surface area contributed by atoms with E-state index in [0.29, 0.717) is 41.5 Å². The zero-order valence-electron chi connectivity index (χ0n) is 12.6. The maximum atomic E-state index is 12.6. The normalized spacial score (nSPS) is 14.1. The molecule has 4 nitrogen and oxygen atoms in total. The molecule has 0 saturated heterocycles. The highest BCUT2D eigenvalue weighted by molar-refractivity contribution is 6.32. The van der Waals surface area contributed by atoms with Crippen LogP contribution in [0.15, 0.2) is 30.5 Å². The summed E-state index contributed by atoms with van der Waals surface area (Å²) < 4.78 is 48.6. The van der Waals surface area contributed by atoms with Gasteiger partial charge in [0.15, 0.2) is 11.5 Å². The summed E-state index contributed by atoms with van der Waals surface area (Å²) >= 11 is 6.13. The molecule has 0 unspecified atom stereocenters. The molecular formula is C17H10ClF3N2O2. The van der Waals surface area contributed by atoms with Gasteiger partial charge in [-0.3, -0.25) is 4.98 Å². The molecule has 0 fully saturated rings. The van der Waals surface area contributed by atoms with Crippen LogP contribution in [0.5, 0.6) is 11.5 Å². The highest BCUT2D eigenvalue weighted by atomic mass is 35.5. The van der Waals surface area contributed by atoms with Crippen LogP contribution in [0.3, 0.4) is 0 Å². The van der Waals surface area contributed by atoms with Crippen LogP contribution < -0.4 is 9.47 Å². The number of hydrogen-bond acceptors (Lipinski definition) is 4. The number of hydrogen-bond donors (Lipinski definition) is 0. The van der Waals surface area contributed by atoms with Gasteiger partial charge in [0.05, 0.1) is 21.9 Å². The minimum absolute atomic E-state index is 0.0986.